The van der Waals surface area contributed by atoms with E-state index in [9.17, 15) is 4.39 Å². The van der Waals surface area contributed by atoms with Gasteiger partial charge in [-0.25, -0.2) is 4.39 Å². The molecule has 2 N–H and O–H groups in total. The van der Waals surface area contributed by atoms with Gasteiger partial charge in [-0.05, 0) is 12.1 Å². The third-order valence-corrected chi connectivity index (χ3v) is 2.88. The van der Waals surface area contributed by atoms with E-state index in [2.05, 4.69) is 5.10 Å². The Morgan fingerprint density at radius 2 is 2.44 bits per heavy atom. The molecule has 1 aliphatic rings. The van der Waals surface area contributed by atoms with Crippen LogP contribution >= 0.6 is 0 Å². The van der Waals surface area contributed by atoms with Crippen LogP contribution in [0.5, 0.6) is 0 Å². The number of nitrogens with two attached hydrogens (primary N) is 1. The number of nitrogens with zero attached hydrogens (tertiary/aromatic N) is 2. The summed E-state index contributed by atoms with van der Waals surface area (Å²) in [4.78, 5) is 0. The van der Waals surface area contributed by atoms with Crippen molar-refractivity contribution >= 4 is 10.9 Å². The molecule has 1 aromatic heterocycles. The van der Waals surface area contributed by atoms with Crippen LogP contribution in [0, 0.1) is 5.82 Å². The van der Waals surface area contributed by atoms with Crippen LogP contribution in [-0.2, 0) is 11.3 Å². The number of hydrogen-bond donors (Lipinski definition) is 1. The molecule has 1 unspecified atom stereocenters. The minimum absolute atomic E-state index is 0.135. The zero-order chi connectivity index (χ0) is 11.1. The molecule has 3 rings (SSSR count). The van der Waals surface area contributed by atoms with Gasteiger partial charge in [0, 0.05) is 18.0 Å². The van der Waals surface area contributed by atoms with Crippen molar-refractivity contribution in [1.82, 2.24) is 9.78 Å². The highest BCUT2D eigenvalue weighted by Gasteiger charge is 2.24. The van der Waals surface area contributed by atoms with Crippen LogP contribution in [0.25, 0.3) is 10.9 Å². The van der Waals surface area contributed by atoms with Gasteiger partial charge in [0.2, 0.25) is 0 Å². The van der Waals surface area contributed by atoms with E-state index in [-0.39, 0.29) is 11.9 Å². The van der Waals surface area contributed by atoms with E-state index in [1.165, 1.54) is 12.1 Å². The Bertz CT molecular complexity index is 537. The van der Waals surface area contributed by atoms with Gasteiger partial charge in [0.05, 0.1) is 24.4 Å². The third-order valence-electron chi connectivity index (χ3n) is 2.88. The number of benzene rings is 1. The van der Waals surface area contributed by atoms with E-state index in [1.54, 1.807) is 6.07 Å². The average Bonchev–Trinajstić information content (AvgIpc) is 2.65. The number of halogens is 1. The van der Waals surface area contributed by atoms with Gasteiger partial charge in [0.15, 0.2) is 0 Å². The molecule has 1 aromatic carbocycles. The first-order valence-electron chi connectivity index (χ1n) is 5.27. The molecule has 0 radical (unpaired) electrons. The highest BCUT2D eigenvalue weighted by molar-refractivity contribution is 5.82. The monoisotopic (exact) mass is 221 g/mol. The fourth-order valence-electron chi connectivity index (χ4n) is 2.18. The van der Waals surface area contributed by atoms with E-state index in [4.69, 9.17) is 10.5 Å². The fraction of sp³-hybridized carbons (Fsp3) is 0.364. The Kier molecular flexibility index (Phi) is 2.15. The van der Waals surface area contributed by atoms with Gasteiger partial charge in [0.25, 0.3) is 0 Å². The van der Waals surface area contributed by atoms with Crippen LogP contribution in [-0.4, -0.2) is 22.9 Å². The first kappa shape index (κ1) is 9.74. The second-order valence-corrected chi connectivity index (χ2v) is 3.86. The molecule has 2 aromatic rings. The highest BCUT2D eigenvalue weighted by Crippen LogP contribution is 2.29. The standard InChI is InChI=1S/C11H12FN3O/c12-7-1-2-8-9(5-7)14-15-3-4-16-10(6-13)11(8)15/h1-2,5,10H,3-4,6,13H2. The van der Waals surface area contributed by atoms with Crippen LogP contribution < -0.4 is 5.73 Å². The summed E-state index contributed by atoms with van der Waals surface area (Å²) in [6.07, 6.45) is -0.135. The summed E-state index contributed by atoms with van der Waals surface area (Å²) < 4.78 is 20.5. The van der Waals surface area contributed by atoms with Crippen molar-refractivity contribution in [1.29, 1.82) is 0 Å². The Balaban J connectivity index is 2.26. The minimum Gasteiger partial charge on any atom is -0.369 e. The summed E-state index contributed by atoms with van der Waals surface area (Å²) in [5.74, 6) is -0.270. The molecule has 0 fully saturated rings. The van der Waals surface area contributed by atoms with Gasteiger partial charge in [-0.3, -0.25) is 4.68 Å². The summed E-state index contributed by atoms with van der Waals surface area (Å²) in [7, 11) is 0. The summed E-state index contributed by atoms with van der Waals surface area (Å²) in [6, 6.07) is 4.61. The molecule has 0 bridgehead atoms. The summed E-state index contributed by atoms with van der Waals surface area (Å²) in [5.41, 5.74) is 7.29. The molecule has 0 saturated carbocycles. The van der Waals surface area contributed by atoms with Crippen molar-refractivity contribution in [2.75, 3.05) is 13.2 Å². The van der Waals surface area contributed by atoms with Crippen LogP contribution in [0.15, 0.2) is 18.2 Å². The lowest BCUT2D eigenvalue weighted by molar-refractivity contribution is 0.0236. The molecule has 0 aliphatic carbocycles. The molecule has 2 heterocycles. The van der Waals surface area contributed by atoms with E-state index >= 15 is 0 Å². The normalized spacial score (nSPS) is 20.0. The Morgan fingerprint density at radius 1 is 1.56 bits per heavy atom. The van der Waals surface area contributed by atoms with Crippen molar-refractivity contribution in [3.8, 4) is 0 Å². The van der Waals surface area contributed by atoms with Crippen LogP contribution in [0.2, 0.25) is 0 Å². The van der Waals surface area contributed by atoms with E-state index < -0.39 is 0 Å². The molecule has 0 amide bonds. The van der Waals surface area contributed by atoms with E-state index in [0.717, 1.165) is 11.1 Å². The highest BCUT2D eigenvalue weighted by atomic mass is 19.1. The number of fused-ring (bicyclic) bond motifs is 3. The quantitative estimate of drug-likeness (QED) is 0.787. The van der Waals surface area contributed by atoms with Gasteiger partial charge >= 0.3 is 0 Å². The molecule has 0 spiro atoms. The maximum Gasteiger partial charge on any atom is 0.125 e. The lowest BCUT2D eigenvalue weighted by Crippen LogP contribution is -2.27. The van der Waals surface area contributed by atoms with Crippen molar-refractivity contribution < 1.29 is 9.13 Å². The first-order valence-corrected chi connectivity index (χ1v) is 5.27. The minimum atomic E-state index is -0.270. The first-order chi connectivity index (χ1) is 7.79. The zero-order valence-corrected chi connectivity index (χ0v) is 8.69. The summed E-state index contributed by atoms with van der Waals surface area (Å²) >= 11 is 0. The van der Waals surface area contributed by atoms with Gasteiger partial charge in [-0.15, -0.1) is 0 Å². The van der Waals surface area contributed by atoms with E-state index in [0.29, 0.717) is 25.2 Å². The van der Waals surface area contributed by atoms with Crippen LogP contribution in [0.1, 0.15) is 11.8 Å². The van der Waals surface area contributed by atoms with Gasteiger partial charge < -0.3 is 10.5 Å². The summed E-state index contributed by atoms with van der Waals surface area (Å²) in [5, 5.41) is 5.28. The average molecular weight is 221 g/mol. The molecular weight excluding hydrogens is 209 g/mol. The van der Waals surface area contributed by atoms with Gasteiger partial charge in [0.1, 0.15) is 11.9 Å². The van der Waals surface area contributed by atoms with Crippen LogP contribution in [0.4, 0.5) is 4.39 Å². The third kappa shape index (κ3) is 1.32. The Morgan fingerprint density at radius 3 is 3.25 bits per heavy atom. The maximum atomic E-state index is 13.1. The second kappa shape index (κ2) is 3.54. The Hall–Kier alpha value is -1.46. The number of ether oxygens (including phenoxy) is 1. The molecule has 4 nitrogen and oxygen atoms in total. The molecule has 0 saturated heterocycles. The molecule has 16 heavy (non-hydrogen) atoms. The lowest BCUT2D eigenvalue weighted by atomic mass is 10.1. The van der Waals surface area contributed by atoms with Crippen LogP contribution in [0.3, 0.4) is 0 Å². The smallest absolute Gasteiger partial charge is 0.125 e. The van der Waals surface area contributed by atoms with Crippen molar-refractivity contribution in [3.05, 3.63) is 29.7 Å². The largest absolute Gasteiger partial charge is 0.369 e. The lowest BCUT2D eigenvalue weighted by Gasteiger charge is -2.23. The number of hydrogen-bond acceptors (Lipinski definition) is 3. The molecule has 1 aliphatic heterocycles. The Labute approximate surface area is 91.8 Å². The molecule has 5 heteroatoms. The fourth-order valence-corrected chi connectivity index (χ4v) is 2.18. The second-order valence-electron chi connectivity index (χ2n) is 3.86. The zero-order valence-electron chi connectivity index (χ0n) is 8.69. The van der Waals surface area contributed by atoms with Gasteiger partial charge in [-0.1, -0.05) is 0 Å². The predicted octanol–water partition coefficient (Wildman–Crippen LogP) is 1.21. The van der Waals surface area contributed by atoms with Crippen molar-refractivity contribution in [3.63, 3.8) is 0 Å². The SMILES string of the molecule is NCC1OCCn2nc3cc(F)ccc3c21. The molecular formula is C11H12FN3O. The molecule has 84 valence electrons. The number of aromatic nitrogens is 2. The van der Waals surface area contributed by atoms with E-state index in [1.807, 2.05) is 4.68 Å². The number of rotatable bonds is 1. The topological polar surface area (TPSA) is 53.1 Å². The predicted molar refractivity (Wildman–Crippen MR) is 57.4 cm³/mol. The molecule has 1 atom stereocenters. The van der Waals surface area contributed by atoms with Gasteiger partial charge in [-0.2, -0.15) is 5.10 Å². The van der Waals surface area contributed by atoms with Crippen molar-refractivity contribution in [2.45, 2.75) is 12.6 Å². The summed E-state index contributed by atoms with van der Waals surface area (Å²) in [6.45, 7) is 1.71. The maximum absolute atomic E-state index is 13.1. The van der Waals surface area contributed by atoms with Crippen molar-refractivity contribution in [2.24, 2.45) is 5.73 Å².